The maximum absolute atomic E-state index is 13.8. The van der Waals surface area contributed by atoms with Crippen LogP contribution in [0.15, 0.2) is 21.1 Å². The molecule has 8 heteroatoms. The number of carboxylic acids is 1. The van der Waals surface area contributed by atoms with Crippen LogP contribution in [0.3, 0.4) is 0 Å². The van der Waals surface area contributed by atoms with Gasteiger partial charge in [0, 0.05) is 6.07 Å². The fraction of sp³-hybridized carbons (Fsp3) is 0.0909. The van der Waals surface area contributed by atoms with Crippen LogP contribution >= 0.6 is 15.9 Å². The Balaban J connectivity index is 2.63. The lowest BCUT2D eigenvalue weighted by molar-refractivity contribution is 0.0652. The van der Waals surface area contributed by atoms with Gasteiger partial charge in [0.2, 0.25) is 11.6 Å². The summed E-state index contributed by atoms with van der Waals surface area (Å²) in [6.07, 6.45) is 0. The number of nitrogens with zero attached hydrogens (tertiary/aromatic N) is 1. The van der Waals surface area contributed by atoms with E-state index in [1.165, 1.54) is 13.2 Å². The molecule has 100 valence electrons. The first-order chi connectivity index (χ1) is 8.95. The van der Waals surface area contributed by atoms with Crippen LogP contribution in [-0.2, 0) is 0 Å². The molecule has 0 radical (unpaired) electrons. The van der Waals surface area contributed by atoms with E-state index in [-0.39, 0.29) is 27.2 Å². The number of halogens is 2. The SMILES string of the molecule is COc1c(-c2cc(C(=O)O)on2)cc(Br)c(O)c1F. The summed E-state index contributed by atoms with van der Waals surface area (Å²) in [5.41, 5.74) is 0.231. The van der Waals surface area contributed by atoms with Crippen LogP contribution in [0.5, 0.6) is 11.5 Å². The summed E-state index contributed by atoms with van der Waals surface area (Å²) in [4.78, 5) is 10.7. The Bertz CT molecular complexity index is 655. The van der Waals surface area contributed by atoms with Crippen molar-refractivity contribution in [3.8, 4) is 22.8 Å². The Morgan fingerprint density at radius 2 is 2.21 bits per heavy atom. The Hall–Kier alpha value is -2.09. The van der Waals surface area contributed by atoms with Gasteiger partial charge in [-0.1, -0.05) is 5.16 Å². The lowest BCUT2D eigenvalue weighted by atomic mass is 10.1. The van der Waals surface area contributed by atoms with E-state index in [4.69, 9.17) is 9.84 Å². The number of ether oxygens (including phenoxy) is 1. The average Bonchev–Trinajstić information content (AvgIpc) is 2.85. The highest BCUT2D eigenvalue weighted by Gasteiger charge is 2.22. The predicted octanol–water partition coefficient (Wildman–Crippen LogP) is 2.66. The number of hydrogen-bond donors (Lipinski definition) is 2. The van der Waals surface area contributed by atoms with Gasteiger partial charge in [-0.05, 0) is 22.0 Å². The molecule has 2 N–H and O–H groups in total. The minimum Gasteiger partial charge on any atom is -0.504 e. The van der Waals surface area contributed by atoms with Crippen molar-refractivity contribution in [3.63, 3.8) is 0 Å². The number of carbonyl (C=O) groups is 1. The molecule has 6 nitrogen and oxygen atoms in total. The molecule has 0 aliphatic heterocycles. The summed E-state index contributed by atoms with van der Waals surface area (Å²) in [7, 11) is 1.22. The number of carboxylic acid groups (broad SMARTS) is 1. The molecule has 0 atom stereocenters. The molecular weight excluding hydrogens is 325 g/mol. The van der Waals surface area contributed by atoms with Crippen LogP contribution < -0.4 is 4.74 Å². The maximum Gasteiger partial charge on any atom is 0.374 e. The monoisotopic (exact) mass is 331 g/mol. The molecule has 0 saturated carbocycles. The van der Waals surface area contributed by atoms with Crippen molar-refractivity contribution in [1.82, 2.24) is 5.16 Å². The van der Waals surface area contributed by atoms with Gasteiger partial charge in [0.1, 0.15) is 5.69 Å². The first-order valence-corrected chi connectivity index (χ1v) is 5.70. The van der Waals surface area contributed by atoms with E-state index in [1.807, 2.05) is 0 Å². The number of phenolic OH excluding ortho intramolecular Hbond substituents is 1. The fourth-order valence-electron chi connectivity index (χ4n) is 1.48. The quantitative estimate of drug-likeness (QED) is 0.898. The Morgan fingerprint density at radius 1 is 1.53 bits per heavy atom. The first-order valence-electron chi connectivity index (χ1n) is 4.91. The van der Waals surface area contributed by atoms with Crippen LogP contribution in [-0.4, -0.2) is 28.4 Å². The number of phenols is 1. The molecule has 0 fully saturated rings. The number of benzene rings is 1. The lowest BCUT2D eigenvalue weighted by Gasteiger charge is -2.09. The minimum absolute atomic E-state index is 0.0776. The first kappa shape index (κ1) is 13.3. The average molecular weight is 332 g/mol. The van der Waals surface area contributed by atoms with Crippen molar-refractivity contribution in [1.29, 1.82) is 0 Å². The second-order valence-corrected chi connectivity index (χ2v) is 4.34. The number of aromatic carboxylic acids is 1. The molecule has 19 heavy (non-hydrogen) atoms. The number of rotatable bonds is 3. The predicted molar refractivity (Wildman–Crippen MR) is 64.8 cm³/mol. The third kappa shape index (κ3) is 2.26. The molecule has 0 aliphatic rings. The van der Waals surface area contributed by atoms with E-state index in [0.717, 1.165) is 6.07 Å². The van der Waals surface area contributed by atoms with E-state index in [2.05, 4.69) is 25.6 Å². The molecule has 0 aliphatic carbocycles. The third-order valence-corrected chi connectivity index (χ3v) is 2.95. The van der Waals surface area contributed by atoms with Gasteiger partial charge in [0.05, 0.1) is 17.1 Å². The number of aromatic nitrogens is 1. The van der Waals surface area contributed by atoms with Gasteiger partial charge in [0.25, 0.3) is 0 Å². The highest BCUT2D eigenvalue weighted by Crippen LogP contribution is 2.41. The van der Waals surface area contributed by atoms with Crippen molar-refractivity contribution in [2.45, 2.75) is 0 Å². The summed E-state index contributed by atoms with van der Waals surface area (Å²) in [6.45, 7) is 0. The van der Waals surface area contributed by atoms with E-state index < -0.39 is 17.5 Å². The zero-order valence-corrected chi connectivity index (χ0v) is 11.1. The zero-order valence-electron chi connectivity index (χ0n) is 9.48. The maximum atomic E-state index is 13.8. The molecule has 0 amide bonds. The second kappa shape index (κ2) is 4.88. The molecule has 0 unspecified atom stereocenters. The van der Waals surface area contributed by atoms with Crippen molar-refractivity contribution in [2.24, 2.45) is 0 Å². The molecule has 0 bridgehead atoms. The van der Waals surface area contributed by atoms with Crippen LogP contribution in [0.1, 0.15) is 10.6 Å². The number of methoxy groups -OCH3 is 1. The third-order valence-electron chi connectivity index (χ3n) is 2.35. The van der Waals surface area contributed by atoms with E-state index in [9.17, 15) is 14.3 Å². The fourth-order valence-corrected chi connectivity index (χ4v) is 1.89. The van der Waals surface area contributed by atoms with Gasteiger partial charge >= 0.3 is 5.97 Å². The Morgan fingerprint density at radius 3 is 2.74 bits per heavy atom. The number of aromatic hydroxyl groups is 1. The van der Waals surface area contributed by atoms with E-state index >= 15 is 0 Å². The number of hydrogen-bond acceptors (Lipinski definition) is 5. The van der Waals surface area contributed by atoms with Crippen molar-refractivity contribution in [2.75, 3.05) is 7.11 Å². The van der Waals surface area contributed by atoms with Gasteiger partial charge in [-0.15, -0.1) is 0 Å². The molecule has 1 aromatic heterocycles. The van der Waals surface area contributed by atoms with E-state index in [1.54, 1.807) is 0 Å². The van der Waals surface area contributed by atoms with Gasteiger partial charge in [0.15, 0.2) is 11.5 Å². The summed E-state index contributed by atoms with van der Waals surface area (Å²) in [5.74, 6) is -3.53. The molecule has 2 aromatic rings. The molecule has 0 spiro atoms. The molecule has 1 heterocycles. The normalized spacial score (nSPS) is 10.5. The zero-order chi connectivity index (χ0) is 14.2. The summed E-state index contributed by atoms with van der Waals surface area (Å²) < 4.78 is 23.3. The van der Waals surface area contributed by atoms with E-state index in [0.29, 0.717) is 0 Å². The standard InChI is InChI=1S/C11H7BrFNO5/c1-18-10-4(2-5(12)9(15)8(10)13)6-3-7(11(16)17)19-14-6/h2-3,15H,1H3,(H,16,17). The van der Waals surface area contributed by atoms with Gasteiger partial charge in [-0.25, -0.2) is 4.79 Å². The Kier molecular flexibility index (Phi) is 3.43. The summed E-state index contributed by atoms with van der Waals surface area (Å²) >= 11 is 2.97. The minimum atomic E-state index is -1.30. The van der Waals surface area contributed by atoms with Crippen molar-refractivity contribution < 1.29 is 28.7 Å². The Labute approximate surface area is 114 Å². The molecule has 2 rings (SSSR count). The molecule has 1 aromatic carbocycles. The smallest absolute Gasteiger partial charge is 0.374 e. The highest BCUT2D eigenvalue weighted by atomic mass is 79.9. The van der Waals surface area contributed by atoms with Gasteiger partial charge in [-0.2, -0.15) is 4.39 Å². The van der Waals surface area contributed by atoms with Crippen molar-refractivity contribution >= 4 is 21.9 Å². The second-order valence-electron chi connectivity index (χ2n) is 3.48. The summed E-state index contributed by atoms with van der Waals surface area (Å²) in [5, 5.41) is 21.7. The largest absolute Gasteiger partial charge is 0.504 e. The lowest BCUT2D eigenvalue weighted by Crippen LogP contribution is -1.94. The topological polar surface area (TPSA) is 92.8 Å². The molecular formula is C11H7BrFNO5. The molecule has 0 saturated heterocycles. The van der Waals surface area contributed by atoms with Crippen LogP contribution in [0.4, 0.5) is 4.39 Å². The van der Waals surface area contributed by atoms with Gasteiger partial charge in [-0.3, -0.25) is 0 Å². The summed E-state index contributed by atoms with van der Waals surface area (Å²) in [6, 6.07) is 2.48. The van der Waals surface area contributed by atoms with Crippen LogP contribution in [0.2, 0.25) is 0 Å². The van der Waals surface area contributed by atoms with Crippen LogP contribution in [0, 0.1) is 5.82 Å². The highest BCUT2D eigenvalue weighted by molar-refractivity contribution is 9.10. The van der Waals surface area contributed by atoms with Crippen molar-refractivity contribution in [3.05, 3.63) is 28.2 Å². The van der Waals surface area contributed by atoms with Crippen LogP contribution in [0.25, 0.3) is 11.3 Å². The van der Waals surface area contributed by atoms with Gasteiger partial charge < -0.3 is 19.5 Å².